The number of aryl methyl sites for hydroxylation is 2. The number of benzene rings is 2. The predicted octanol–water partition coefficient (Wildman–Crippen LogP) is 5.21. The van der Waals surface area contributed by atoms with E-state index >= 15 is 0 Å². The van der Waals surface area contributed by atoms with Crippen LogP contribution in [0.15, 0.2) is 47.1 Å². The van der Waals surface area contributed by atoms with Gasteiger partial charge in [-0.15, -0.1) is 0 Å². The third-order valence-corrected chi connectivity index (χ3v) is 5.76. The molecule has 174 valence electrons. The van der Waals surface area contributed by atoms with Crippen molar-refractivity contribution < 1.29 is 22.5 Å². The van der Waals surface area contributed by atoms with E-state index in [0.29, 0.717) is 44.7 Å². The molecular weight excluding hydrogens is 437 g/mol. The highest BCUT2D eigenvalue weighted by atomic mass is 19.4. The van der Waals surface area contributed by atoms with Gasteiger partial charge in [0.15, 0.2) is 0 Å². The standard InChI is InChI=1S/C23H23F3N4O3/c1-15-3-5-19(16(2)11-15)22-27-18(14-33-22)13-28-7-9-29(10-8-28)20-6-4-17(23(24,25)26)12-21(20)30(31)32/h3-6,11-12,14H,7-10,13H2,1-2H3. The van der Waals surface area contributed by atoms with Crippen molar-refractivity contribution in [1.82, 2.24) is 9.88 Å². The Labute approximate surface area is 188 Å². The lowest BCUT2D eigenvalue weighted by molar-refractivity contribution is -0.384. The molecule has 0 saturated carbocycles. The number of oxazole rings is 1. The second-order valence-electron chi connectivity index (χ2n) is 8.18. The summed E-state index contributed by atoms with van der Waals surface area (Å²) in [7, 11) is 0. The molecule has 2 aromatic carbocycles. The summed E-state index contributed by atoms with van der Waals surface area (Å²) in [6.07, 6.45) is -3.00. The van der Waals surface area contributed by atoms with E-state index in [0.717, 1.165) is 28.5 Å². The molecule has 10 heteroatoms. The van der Waals surface area contributed by atoms with Gasteiger partial charge in [-0.2, -0.15) is 13.2 Å². The first kappa shape index (κ1) is 22.8. The van der Waals surface area contributed by atoms with Crippen LogP contribution in [0.1, 0.15) is 22.4 Å². The Kier molecular flexibility index (Phi) is 6.11. The van der Waals surface area contributed by atoms with Crippen LogP contribution in [0.5, 0.6) is 0 Å². The molecule has 1 aliphatic rings. The normalized spacial score (nSPS) is 15.1. The van der Waals surface area contributed by atoms with Gasteiger partial charge in [0.25, 0.3) is 5.69 Å². The number of piperazine rings is 1. The van der Waals surface area contributed by atoms with Crippen molar-refractivity contribution in [2.75, 3.05) is 31.1 Å². The summed E-state index contributed by atoms with van der Waals surface area (Å²) in [6.45, 7) is 6.66. The van der Waals surface area contributed by atoms with Gasteiger partial charge in [0.2, 0.25) is 5.89 Å². The van der Waals surface area contributed by atoms with Gasteiger partial charge in [0.05, 0.1) is 16.2 Å². The van der Waals surface area contributed by atoms with E-state index < -0.39 is 22.4 Å². The van der Waals surface area contributed by atoms with Crippen LogP contribution < -0.4 is 4.90 Å². The Morgan fingerprint density at radius 3 is 2.45 bits per heavy atom. The van der Waals surface area contributed by atoms with Crippen LogP contribution in [0.2, 0.25) is 0 Å². The van der Waals surface area contributed by atoms with Crippen LogP contribution in [-0.2, 0) is 12.7 Å². The number of nitrogens with zero attached hydrogens (tertiary/aromatic N) is 4. The SMILES string of the molecule is Cc1ccc(-c2nc(CN3CCN(c4ccc(C(F)(F)F)cc4[N+](=O)[O-])CC3)co2)c(C)c1. The quantitative estimate of drug-likeness (QED) is 0.385. The predicted molar refractivity (Wildman–Crippen MR) is 117 cm³/mol. The fourth-order valence-electron chi connectivity index (χ4n) is 4.05. The molecule has 0 unspecified atom stereocenters. The molecule has 0 bridgehead atoms. The lowest BCUT2D eigenvalue weighted by Gasteiger charge is -2.35. The number of hydrogen-bond donors (Lipinski definition) is 0. The van der Waals surface area contributed by atoms with Crippen LogP contribution in [0, 0.1) is 24.0 Å². The van der Waals surface area contributed by atoms with Gasteiger partial charge in [-0.3, -0.25) is 15.0 Å². The van der Waals surface area contributed by atoms with Crippen molar-refractivity contribution in [2.24, 2.45) is 0 Å². The largest absolute Gasteiger partial charge is 0.444 e. The molecule has 0 aliphatic carbocycles. The number of nitro groups is 1. The van der Waals surface area contributed by atoms with Crippen molar-refractivity contribution in [3.63, 3.8) is 0 Å². The molecule has 1 fully saturated rings. The number of alkyl halides is 3. The lowest BCUT2D eigenvalue weighted by Crippen LogP contribution is -2.46. The molecule has 33 heavy (non-hydrogen) atoms. The van der Waals surface area contributed by atoms with Crippen LogP contribution in [-0.4, -0.2) is 41.0 Å². The molecule has 4 rings (SSSR count). The molecule has 1 aliphatic heterocycles. The monoisotopic (exact) mass is 460 g/mol. The van der Waals surface area contributed by atoms with E-state index in [1.54, 1.807) is 11.2 Å². The Bertz CT molecular complexity index is 1170. The molecular formula is C23H23F3N4O3. The van der Waals surface area contributed by atoms with Gasteiger partial charge in [-0.05, 0) is 37.6 Å². The summed E-state index contributed by atoms with van der Waals surface area (Å²) in [5.41, 5.74) is 2.59. The van der Waals surface area contributed by atoms with Crippen molar-refractivity contribution >= 4 is 11.4 Å². The molecule has 1 aromatic heterocycles. The molecule has 0 radical (unpaired) electrons. The minimum Gasteiger partial charge on any atom is -0.444 e. The van der Waals surface area contributed by atoms with Gasteiger partial charge in [-0.1, -0.05) is 17.7 Å². The first-order valence-electron chi connectivity index (χ1n) is 10.5. The van der Waals surface area contributed by atoms with Gasteiger partial charge in [0, 0.05) is 44.4 Å². The maximum absolute atomic E-state index is 13.0. The maximum atomic E-state index is 13.0. The van der Waals surface area contributed by atoms with E-state index in [4.69, 9.17) is 4.42 Å². The molecule has 0 atom stereocenters. The highest BCUT2D eigenvalue weighted by molar-refractivity contribution is 5.65. The smallest absolute Gasteiger partial charge is 0.416 e. The van der Waals surface area contributed by atoms with E-state index in [2.05, 4.69) is 16.0 Å². The zero-order valence-corrected chi connectivity index (χ0v) is 18.2. The van der Waals surface area contributed by atoms with Crippen LogP contribution in [0.4, 0.5) is 24.5 Å². The molecule has 0 spiro atoms. The van der Waals surface area contributed by atoms with Gasteiger partial charge >= 0.3 is 6.18 Å². The summed E-state index contributed by atoms with van der Waals surface area (Å²) in [4.78, 5) is 19.1. The number of nitro benzene ring substituents is 1. The summed E-state index contributed by atoms with van der Waals surface area (Å²) in [5.74, 6) is 0.557. The molecule has 1 saturated heterocycles. The third-order valence-electron chi connectivity index (χ3n) is 5.76. The van der Waals surface area contributed by atoms with Gasteiger partial charge < -0.3 is 9.32 Å². The summed E-state index contributed by atoms with van der Waals surface area (Å²) in [5, 5.41) is 11.4. The number of aromatic nitrogens is 1. The van der Waals surface area contributed by atoms with Crippen molar-refractivity contribution in [2.45, 2.75) is 26.6 Å². The molecule has 3 aromatic rings. The van der Waals surface area contributed by atoms with Crippen molar-refractivity contribution in [1.29, 1.82) is 0 Å². The number of halogens is 3. The van der Waals surface area contributed by atoms with E-state index in [1.165, 1.54) is 6.07 Å². The highest BCUT2D eigenvalue weighted by Crippen LogP contribution is 2.37. The Balaban J connectivity index is 1.42. The zero-order chi connectivity index (χ0) is 23.8. The summed E-state index contributed by atoms with van der Waals surface area (Å²) in [6, 6.07) is 8.73. The first-order valence-corrected chi connectivity index (χ1v) is 10.5. The average molecular weight is 460 g/mol. The van der Waals surface area contributed by atoms with Crippen LogP contribution in [0.25, 0.3) is 11.5 Å². The summed E-state index contributed by atoms with van der Waals surface area (Å²) < 4.78 is 44.5. The molecule has 7 nitrogen and oxygen atoms in total. The first-order chi connectivity index (χ1) is 15.6. The second kappa shape index (κ2) is 8.86. The minimum absolute atomic E-state index is 0.200. The van der Waals surface area contributed by atoms with Crippen molar-refractivity contribution in [3.8, 4) is 11.5 Å². The van der Waals surface area contributed by atoms with Crippen molar-refractivity contribution in [3.05, 3.63) is 75.2 Å². The molecule has 0 N–H and O–H groups in total. The zero-order valence-electron chi connectivity index (χ0n) is 18.2. The maximum Gasteiger partial charge on any atom is 0.416 e. The highest BCUT2D eigenvalue weighted by Gasteiger charge is 2.34. The summed E-state index contributed by atoms with van der Waals surface area (Å²) >= 11 is 0. The number of hydrogen-bond acceptors (Lipinski definition) is 6. The van der Waals surface area contributed by atoms with E-state index in [-0.39, 0.29) is 5.69 Å². The number of rotatable bonds is 5. The van der Waals surface area contributed by atoms with E-state index in [1.807, 2.05) is 26.0 Å². The third kappa shape index (κ3) is 5.00. The fourth-order valence-corrected chi connectivity index (χ4v) is 4.05. The topological polar surface area (TPSA) is 75.7 Å². The fraction of sp³-hybridized carbons (Fsp3) is 0.348. The van der Waals surface area contributed by atoms with Crippen LogP contribution in [0.3, 0.4) is 0 Å². The molecule has 0 amide bonds. The van der Waals surface area contributed by atoms with Gasteiger partial charge in [-0.25, -0.2) is 4.98 Å². The number of anilines is 1. The van der Waals surface area contributed by atoms with Crippen LogP contribution >= 0.6 is 0 Å². The lowest BCUT2D eigenvalue weighted by atomic mass is 10.1. The minimum atomic E-state index is -4.63. The molecule has 2 heterocycles. The Morgan fingerprint density at radius 1 is 1.09 bits per heavy atom. The van der Waals surface area contributed by atoms with E-state index in [9.17, 15) is 23.3 Å². The van der Waals surface area contributed by atoms with Gasteiger partial charge in [0.1, 0.15) is 12.0 Å². The second-order valence-corrected chi connectivity index (χ2v) is 8.18. The Morgan fingerprint density at radius 2 is 1.82 bits per heavy atom. The Hall–Kier alpha value is -3.40. The average Bonchev–Trinajstić information content (AvgIpc) is 3.21.